The van der Waals surface area contributed by atoms with Gasteiger partial charge in [0, 0.05) is 19.6 Å². The van der Waals surface area contributed by atoms with Crippen LogP contribution < -0.4 is 15.4 Å². The highest BCUT2D eigenvalue weighted by Gasteiger charge is 2.11. The molecular weight excluding hydrogens is 204 g/mol. The van der Waals surface area contributed by atoms with Crippen molar-refractivity contribution in [3.63, 3.8) is 0 Å². The first kappa shape index (κ1) is 12.7. The van der Waals surface area contributed by atoms with Crippen LogP contribution >= 0.6 is 0 Å². The largest absolute Gasteiger partial charge is 0.481 e. The summed E-state index contributed by atoms with van der Waals surface area (Å²) in [5, 5.41) is 0. The Hall–Kier alpha value is -1.36. The molecule has 0 saturated heterocycles. The molecule has 0 aliphatic heterocycles. The first-order valence-corrected chi connectivity index (χ1v) is 5.38. The first-order chi connectivity index (χ1) is 7.56. The van der Waals surface area contributed by atoms with Gasteiger partial charge in [0.15, 0.2) is 0 Å². The zero-order valence-electron chi connectivity index (χ0n) is 10.4. The molecule has 1 aromatic heterocycles. The molecule has 0 aliphatic rings. The molecule has 0 fully saturated rings. The van der Waals surface area contributed by atoms with E-state index in [0.29, 0.717) is 5.88 Å². The molecule has 0 bridgehead atoms. The van der Waals surface area contributed by atoms with E-state index in [2.05, 4.69) is 14.9 Å². The normalized spacial score (nSPS) is 12.3. The Kier molecular flexibility index (Phi) is 4.49. The number of nitrogens with two attached hydrogens (primary N) is 1. The number of rotatable bonds is 5. The molecule has 16 heavy (non-hydrogen) atoms. The minimum atomic E-state index is 0.200. The molecule has 0 amide bonds. The fraction of sp³-hybridized carbons (Fsp3) is 0.636. The van der Waals surface area contributed by atoms with Crippen molar-refractivity contribution in [2.24, 2.45) is 5.73 Å². The van der Waals surface area contributed by atoms with E-state index >= 15 is 0 Å². The molecule has 1 atom stereocenters. The van der Waals surface area contributed by atoms with Gasteiger partial charge in [0.05, 0.1) is 12.7 Å². The van der Waals surface area contributed by atoms with E-state index in [9.17, 15) is 0 Å². The maximum Gasteiger partial charge on any atom is 0.221 e. The predicted molar refractivity (Wildman–Crippen MR) is 64.9 cm³/mol. The monoisotopic (exact) mass is 224 g/mol. The highest BCUT2D eigenvalue weighted by molar-refractivity contribution is 5.49. The fourth-order valence-electron chi connectivity index (χ4n) is 1.52. The van der Waals surface area contributed by atoms with Gasteiger partial charge in [-0.2, -0.15) is 0 Å². The van der Waals surface area contributed by atoms with Gasteiger partial charge in [0.1, 0.15) is 12.1 Å². The lowest BCUT2D eigenvalue weighted by atomic mass is 10.2. The molecular formula is C11H20N4O. The number of methoxy groups -OCH3 is 1. The van der Waals surface area contributed by atoms with Crippen LogP contribution in [0.4, 0.5) is 5.82 Å². The number of hydrogen-bond donors (Lipinski definition) is 1. The molecule has 5 nitrogen and oxygen atoms in total. The number of nitrogens with zero attached hydrogens (tertiary/aromatic N) is 3. The summed E-state index contributed by atoms with van der Waals surface area (Å²) in [7, 11) is 3.61. The van der Waals surface area contributed by atoms with E-state index in [0.717, 1.165) is 24.3 Å². The van der Waals surface area contributed by atoms with Gasteiger partial charge in [-0.25, -0.2) is 9.97 Å². The Morgan fingerprint density at radius 1 is 1.50 bits per heavy atom. The molecule has 0 radical (unpaired) electrons. The third-order valence-electron chi connectivity index (χ3n) is 2.49. The van der Waals surface area contributed by atoms with E-state index in [-0.39, 0.29) is 6.04 Å². The molecule has 0 saturated carbocycles. The van der Waals surface area contributed by atoms with Crippen molar-refractivity contribution in [2.45, 2.75) is 26.3 Å². The standard InChI is InChI=1S/C11H20N4O/c1-8(12)5-6-15(3)10-9(2)11(16-4)14-7-13-10/h7-8H,5-6,12H2,1-4H3. The number of ether oxygens (including phenoxy) is 1. The van der Waals surface area contributed by atoms with Crippen LogP contribution in [0.1, 0.15) is 18.9 Å². The first-order valence-electron chi connectivity index (χ1n) is 5.38. The summed E-state index contributed by atoms with van der Waals surface area (Å²) in [4.78, 5) is 10.4. The molecule has 1 aromatic rings. The van der Waals surface area contributed by atoms with Crippen LogP contribution in [0, 0.1) is 6.92 Å². The summed E-state index contributed by atoms with van der Waals surface area (Å²) in [6, 6.07) is 0.200. The van der Waals surface area contributed by atoms with Crippen LogP contribution in [-0.4, -0.2) is 36.7 Å². The van der Waals surface area contributed by atoms with Crippen molar-refractivity contribution >= 4 is 5.82 Å². The van der Waals surface area contributed by atoms with E-state index in [4.69, 9.17) is 10.5 Å². The number of hydrogen-bond acceptors (Lipinski definition) is 5. The fourth-order valence-corrected chi connectivity index (χ4v) is 1.52. The predicted octanol–water partition coefficient (Wildman–Crippen LogP) is 0.967. The van der Waals surface area contributed by atoms with Gasteiger partial charge in [-0.3, -0.25) is 0 Å². The molecule has 2 N–H and O–H groups in total. The van der Waals surface area contributed by atoms with Gasteiger partial charge < -0.3 is 15.4 Å². The minimum Gasteiger partial charge on any atom is -0.481 e. The van der Waals surface area contributed by atoms with E-state index in [1.807, 2.05) is 20.9 Å². The van der Waals surface area contributed by atoms with Crippen LogP contribution in [-0.2, 0) is 0 Å². The molecule has 5 heteroatoms. The van der Waals surface area contributed by atoms with Gasteiger partial charge in [0.25, 0.3) is 0 Å². The maximum atomic E-state index is 5.73. The third-order valence-corrected chi connectivity index (χ3v) is 2.49. The summed E-state index contributed by atoms with van der Waals surface area (Å²) >= 11 is 0. The number of anilines is 1. The van der Waals surface area contributed by atoms with Gasteiger partial charge >= 0.3 is 0 Å². The zero-order valence-corrected chi connectivity index (χ0v) is 10.4. The third kappa shape index (κ3) is 3.06. The summed E-state index contributed by atoms with van der Waals surface area (Å²) < 4.78 is 5.16. The van der Waals surface area contributed by atoms with Crippen LogP contribution in [0.5, 0.6) is 5.88 Å². The molecule has 0 aliphatic carbocycles. The second kappa shape index (κ2) is 5.65. The average Bonchev–Trinajstić information content (AvgIpc) is 2.26. The Labute approximate surface area is 96.6 Å². The highest BCUT2D eigenvalue weighted by atomic mass is 16.5. The maximum absolute atomic E-state index is 5.73. The second-order valence-corrected chi connectivity index (χ2v) is 4.02. The van der Waals surface area contributed by atoms with Crippen molar-refractivity contribution in [1.29, 1.82) is 0 Å². The number of aromatic nitrogens is 2. The topological polar surface area (TPSA) is 64.3 Å². The summed E-state index contributed by atoms with van der Waals surface area (Å²) in [6.45, 7) is 4.83. The molecule has 0 spiro atoms. The summed E-state index contributed by atoms with van der Waals surface area (Å²) in [5.74, 6) is 1.52. The van der Waals surface area contributed by atoms with Crippen LogP contribution in [0.25, 0.3) is 0 Å². The van der Waals surface area contributed by atoms with Gasteiger partial charge in [-0.05, 0) is 20.3 Å². The van der Waals surface area contributed by atoms with Crippen molar-refractivity contribution < 1.29 is 4.74 Å². The molecule has 1 rings (SSSR count). The lowest BCUT2D eigenvalue weighted by molar-refractivity contribution is 0.393. The molecule has 90 valence electrons. The minimum absolute atomic E-state index is 0.200. The van der Waals surface area contributed by atoms with Crippen LogP contribution in [0.2, 0.25) is 0 Å². The lowest BCUT2D eigenvalue weighted by Crippen LogP contribution is -2.27. The van der Waals surface area contributed by atoms with Crippen molar-refractivity contribution in [3.05, 3.63) is 11.9 Å². The van der Waals surface area contributed by atoms with Crippen molar-refractivity contribution in [1.82, 2.24) is 9.97 Å². The highest BCUT2D eigenvalue weighted by Crippen LogP contribution is 2.22. The average molecular weight is 224 g/mol. The van der Waals surface area contributed by atoms with Crippen molar-refractivity contribution in [2.75, 3.05) is 25.6 Å². The summed E-state index contributed by atoms with van der Waals surface area (Å²) in [5.41, 5.74) is 6.68. The Bertz CT molecular complexity index is 341. The zero-order chi connectivity index (χ0) is 12.1. The van der Waals surface area contributed by atoms with E-state index in [1.165, 1.54) is 6.33 Å². The van der Waals surface area contributed by atoms with Crippen molar-refractivity contribution in [3.8, 4) is 5.88 Å². The molecule has 0 aromatic carbocycles. The Morgan fingerprint density at radius 3 is 2.75 bits per heavy atom. The van der Waals surface area contributed by atoms with Gasteiger partial charge in [-0.1, -0.05) is 0 Å². The quantitative estimate of drug-likeness (QED) is 0.807. The SMILES string of the molecule is COc1ncnc(N(C)CCC(C)N)c1C. The second-order valence-electron chi connectivity index (χ2n) is 4.02. The molecule has 1 heterocycles. The van der Waals surface area contributed by atoms with Gasteiger partial charge in [-0.15, -0.1) is 0 Å². The summed E-state index contributed by atoms with van der Waals surface area (Å²) in [6.07, 6.45) is 2.45. The van der Waals surface area contributed by atoms with Gasteiger partial charge in [0.2, 0.25) is 5.88 Å². The Balaban J connectivity index is 2.78. The van der Waals surface area contributed by atoms with Crippen LogP contribution in [0.15, 0.2) is 6.33 Å². The smallest absolute Gasteiger partial charge is 0.221 e. The van der Waals surface area contributed by atoms with E-state index in [1.54, 1.807) is 7.11 Å². The molecule has 1 unspecified atom stereocenters. The van der Waals surface area contributed by atoms with Crippen LogP contribution in [0.3, 0.4) is 0 Å². The Morgan fingerprint density at radius 2 is 2.19 bits per heavy atom. The lowest BCUT2D eigenvalue weighted by Gasteiger charge is -2.21. The van der Waals surface area contributed by atoms with E-state index < -0.39 is 0 Å².